The third-order valence-electron chi connectivity index (χ3n) is 12.6. The summed E-state index contributed by atoms with van der Waals surface area (Å²) in [5.74, 6) is -9.64. The van der Waals surface area contributed by atoms with Crippen molar-refractivity contribution in [2.24, 2.45) is 17.6 Å². The molecule has 18 nitrogen and oxygen atoms in total. The highest BCUT2D eigenvalue weighted by molar-refractivity contribution is 8.01. The zero-order valence-corrected chi connectivity index (χ0v) is 49.5. The fraction of sp³-hybridized carbons (Fsp3) is 0.456. The molecular weight excluding hydrogens is 1170 g/mol. The molecule has 27 heteroatoms. The maximum Gasteiger partial charge on any atom is 0.407 e. The van der Waals surface area contributed by atoms with Gasteiger partial charge in [0.2, 0.25) is 11.8 Å². The number of thioether (sulfide) groups is 2. The van der Waals surface area contributed by atoms with Crippen LogP contribution in [0.5, 0.6) is 11.5 Å². The number of carbonyl (C=O) groups is 7. The molecule has 2 aliphatic heterocycles. The molecule has 4 unspecified atom stereocenters. The van der Waals surface area contributed by atoms with E-state index in [0.29, 0.717) is 53.3 Å². The van der Waals surface area contributed by atoms with E-state index in [9.17, 15) is 70.1 Å². The Labute approximate surface area is 497 Å². The number of hydrogen-bond donors (Lipinski definition) is 6. The molecule has 2 saturated heterocycles. The average molecular weight is 1240 g/mol. The fourth-order valence-electron chi connectivity index (χ4n) is 8.42. The van der Waals surface area contributed by atoms with E-state index in [1.807, 2.05) is 0 Å². The summed E-state index contributed by atoms with van der Waals surface area (Å²) in [4.78, 5) is 90.1. The highest BCUT2D eigenvalue weighted by Gasteiger charge is 2.38. The van der Waals surface area contributed by atoms with E-state index < -0.39 is 111 Å². The van der Waals surface area contributed by atoms with Crippen molar-refractivity contribution >= 4 is 77.6 Å². The lowest BCUT2D eigenvalue weighted by atomic mass is 10.0. The number of alkyl carbamates (subject to hydrolysis) is 1. The molecule has 0 spiro atoms. The Morgan fingerprint density at radius 3 is 1.37 bits per heavy atom. The summed E-state index contributed by atoms with van der Waals surface area (Å²) in [5, 5.41) is 25.0. The number of carbonyl (C=O) groups excluding carboxylic acids is 5. The normalized spacial score (nSPS) is 16.3. The van der Waals surface area contributed by atoms with Crippen LogP contribution in [0.25, 0.3) is 0 Å². The second-order valence-corrected chi connectivity index (χ2v) is 23.6. The van der Waals surface area contributed by atoms with Crippen LogP contribution in [0.2, 0.25) is 0 Å². The number of amides is 5. The van der Waals surface area contributed by atoms with Gasteiger partial charge >= 0.3 is 18.0 Å². The van der Waals surface area contributed by atoms with Crippen LogP contribution in [0.1, 0.15) is 83.6 Å². The van der Waals surface area contributed by atoms with Crippen molar-refractivity contribution in [2.45, 2.75) is 128 Å². The van der Waals surface area contributed by atoms with Crippen molar-refractivity contribution in [3.8, 4) is 11.5 Å². The number of nitrogens with two attached hydrogens (primary N) is 1. The highest BCUT2D eigenvalue weighted by Crippen LogP contribution is 2.28. The number of benzene rings is 4. The zero-order chi connectivity index (χ0) is 61.5. The largest absolute Gasteiger partial charge is 0.478 e. The maximum atomic E-state index is 14.4. The first-order chi connectivity index (χ1) is 39.0. The van der Waals surface area contributed by atoms with Gasteiger partial charge in [0.05, 0.1) is 0 Å². The minimum Gasteiger partial charge on any atom is -0.478 e. The van der Waals surface area contributed by atoms with E-state index in [4.69, 9.17) is 19.9 Å². The van der Waals surface area contributed by atoms with Crippen LogP contribution >= 0.6 is 35.9 Å². The summed E-state index contributed by atoms with van der Waals surface area (Å²) in [7, 11) is 0. The van der Waals surface area contributed by atoms with Gasteiger partial charge in [-0.2, -0.15) is 0 Å². The molecule has 84 heavy (non-hydrogen) atoms. The van der Waals surface area contributed by atoms with E-state index in [0.717, 1.165) is 11.6 Å². The quantitative estimate of drug-likeness (QED) is 0.0303. The Balaban J connectivity index is 0.000000361. The van der Waals surface area contributed by atoms with E-state index in [1.165, 1.54) is 33.3 Å². The fourth-order valence-corrected chi connectivity index (χ4v) is 10.8. The van der Waals surface area contributed by atoms with Crippen molar-refractivity contribution in [2.75, 3.05) is 24.6 Å². The Bertz CT molecular complexity index is 2950. The van der Waals surface area contributed by atoms with Gasteiger partial charge in [0.25, 0.3) is 11.8 Å². The summed E-state index contributed by atoms with van der Waals surface area (Å²) in [6.07, 6.45) is -3.94. The van der Waals surface area contributed by atoms with E-state index in [-0.39, 0.29) is 86.6 Å². The van der Waals surface area contributed by atoms with E-state index in [1.54, 1.807) is 97.0 Å². The first kappa shape index (κ1) is 69.6. The second kappa shape index (κ2) is 31.8. The van der Waals surface area contributed by atoms with Crippen LogP contribution in [-0.2, 0) is 59.4 Å². The van der Waals surface area contributed by atoms with Gasteiger partial charge in [0.15, 0.2) is 46.2 Å². The van der Waals surface area contributed by atoms with Gasteiger partial charge in [-0.15, -0.1) is 35.9 Å². The number of ether oxygens (including phenoxy) is 3. The molecule has 4 aromatic carbocycles. The third-order valence-corrected chi connectivity index (χ3v) is 15.0. The standard InChI is InChI=1S/C31H38F3N3O7S.C26H30F3N3O5S.ClH/c1-17(2)26(29(40)41)43-21-8-6-18(7-9-21)16-35-27(39)28-37(10-11-45-28)25(38)14-20(36-30(42)44-31(3,4)5)12-19-13-23(33)24(34)15-22(19)32;1-14(2)23(26(35)36)37-18-5-3-15(4-6-18)13-31-24(34)25-32(7-8-38-25)22(33)11-17(30)9-16-10-20(28)21(29)12-19(16)27;/h6-9,13,15,17,20,26,28H,10-12,14,16H2,1-5H3,(H,35,39)(H,36,42)(H,40,41);3-6,10,12,14,17,23,25H,7-9,11,13,30H2,1-2H3,(H,31,34)(H,35,36);1H/t20-,26?,28?;17-,23?,25?;/m11./s1. The second-order valence-electron chi connectivity index (χ2n) is 21.2. The summed E-state index contributed by atoms with van der Waals surface area (Å²) < 4.78 is 98.6. The molecular formula is C57H69ClF6N6O12S2. The monoisotopic (exact) mass is 1240 g/mol. The van der Waals surface area contributed by atoms with Crippen LogP contribution in [0.4, 0.5) is 31.1 Å². The molecule has 6 rings (SSSR count). The molecule has 2 heterocycles. The molecule has 0 saturated carbocycles. The van der Waals surface area contributed by atoms with Gasteiger partial charge in [-0.05, 0) is 92.3 Å². The number of nitrogens with zero attached hydrogens (tertiary/aromatic N) is 2. The summed E-state index contributed by atoms with van der Waals surface area (Å²) in [5.41, 5.74) is 6.20. The minimum atomic E-state index is -1.37. The lowest BCUT2D eigenvalue weighted by molar-refractivity contribution is -0.148. The predicted molar refractivity (Wildman–Crippen MR) is 304 cm³/mol. The number of carboxylic acids is 2. The van der Waals surface area contributed by atoms with Gasteiger partial charge in [-0.3, -0.25) is 19.2 Å². The Kier molecular flexibility index (Phi) is 26.4. The van der Waals surface area contributed by atoms with Crippen molar-refractivity contribution < 1.29 is 84.3 Å². The lowest BCUT2D eigenvalue weighted by Crippen LogP contribution is -2.48. The number of rotatable bonds is 23. The molecule has 0 radical (unpaired) electrons. The van der Waals surface area contributed by atoms with E-state index in [2.05, 4.69) is 16.0 Å². The van der Waals surface area contributed by atoms with Crippen LogP contribution in [0, 0.1) is 46.7 Å². The van der Waals surface area contributed by atoms with E-state index >= 15 is 0 Å². The lowest BCUT2D eigenvalue weighted by Gasteiger charge is -2.27. The summed E-state index contributed by atoms with van der Waals surface area (Å²) in [6.45, 7) is 12.8. The van der Waals surface area contributed by atoms with Crippen molar-refractivity contribution in [3.05, 3.63) is 130 Å². The third kappa shape index (κ3) is 21.0. The van der Waals surface area contributed by atoms with Crippen molar-refractivity contribution in [1.29, 1.82) is 0 Å². The van der Waals surface area contributed by atoms with Gasteiger partial charge in [-0.1, -0.05) is 52.0 Å². The molecule has 6 atom stereocenters. The minimum absolute atomic E-state index is 0. The molecule has 460 valence electrons. The predicted octanol–water partition coefficient (Wildman–Crippen LogP) is 8.13. The number of carboxylic acid groups (broad SMARTS) is 2. The zero-order valence-electron chi connectivity index (χ0n) is 47.1. The molecule has 2 fully saturated rings. The van der Waals surface area contributed by atoms with Crippen molar-refractivity contribution in [1.82, 2.24) is 25.8 Å². The Morgan fingerprint density at radius 1 is 0.607 bits per heavy atom. The summed E-state index contributed by atoms with van der Waals surface area (Å²) >= 11 is 2.55. The molecule has 5 amide bonds. The summed E-state index contributed by atoms with van der Waals surface area (Å²) in [6, 6.07) is 13.6. The average Bonchev–Trinajstić information content (AvgIpc) is 4.07. The SMILES string of the molecule is CC(C)C(Oc1ccc(CNC(=O)C2SCCN2C(=O)C[C@@H](Cc2cc(F)c(F)cc2F)NC(=O)OC(C)(C)C)cc1)C(=O)O.CC(C)C(Oc1ccc(CNC(=O)C2SCCN2C(=O)C[C@H](N)Cc2cc(F)c(F)cc2F)cc1)C(=O)O.Cl. The van der Waals surface area contributed by atoms with Crippen LogP contribution in [0.15, 0.2) is 72.8 Å². The number of nitrogens with one attached hydrogen (secondary N) is 3. The number of hydrogen-bond acceptors (Lipinski definition) is 13. The van der Waals surface area contributed by atoms with Crippen LogP contribution in [-0.4, -0.2) is 127 Å². The smallest absolute Gasteiger partial charge is 0.407 e. The topological polar surface area (TPSA) is 256 Å². The first-order valence-electron chi connectivity index (χ1n) is 26.4. The molecule has 0 aliphatic carbocycles. The molecule has 0 aromatic heterocycles. The van der Waals surface area contributed by atoms with Gasteiger partial charge < -0.3 is 55.9 Å². The molecule has 7 N–H and O–H groups in total. The van der Waals surface area contributed by atoms with Gasteiger partial charge in [-0.25, -0.2) is 40.7 Å². The number of aliphatic carboxylic acids is 2. The van der Waals surface area contributed by atoms with Crippen LogP contribution in [0.3, 0.4) is 0 Å². The first-order valence-corrected chi connectivity index (χ1v) is 28.5. The highest BCUT2D eigenvalue weighted by atomic mass is 35.5. The van der Waals surface area contributed by atoms with Crippen LogP contribution < -0.4 is 31.2 Å². The molecule has 0 bridgehead atoms. The molecule has 2 aliphatic rings. The number of halogens is 7. The van der Waals surface area contributed by atoms with Gasteiger partial charge in [0, 0.05) is 86.6 Å². The maximum absolute atomic E-state index is 14.4. The van der Waals surface area contributed by atoms with Crippen molar-refractivity contribution in [3.63, 3.8) is 0 Å². The Hall–Kier alpha value is -6.90. The Morgan fingerprint density at radius 2 is 0.988 bits per heavy atom. The van der Waals surface area contributed by atoms with Gasteiger partial charge in [0.1, 0.15) is 28.7 Å². The molecule has 4 aromatic rings.